The zero-order chi connectivity index (χ0) is 18.6. The molecule has 146 valence electrons. The Balaban J connectivity index is 1.26. The SMILES string of the molecule is Cc1nc(-c2ccc(N3CCC(NCC4CCCCN4C)CC3)cc2)cs1. The molecule has 2 saturated heterocycles. The number of benzene rings is 1. The van der Waals surface area contributed by atoms with Crippen molar-refractivity contribution in [3.8, 4) is 11.3 Å². The van der Waals surface area contributed by atoms with Gasteiger partial charge in [-0.1, -0.05) is 18.6 Å². The Morgan fingerprint density at radius 2 is 1.85 bits per heavy atom. The number of nitrogens with zero attached hydrogens (tertiary/aromatic N) is 3. The predicted molar refractivity (Wildman–Crippen MR) is 116 cm³/mol. The van der Waals surface area contributed by atoms with E-state index in [0.29, 0.717) is 6.04 Å². The fraction of sp³-hybridized carbons (Fsp3) is 0.591. The first-order valence-electron chi connectivity index (χ1n) is 10.4. The van der Waals surface area contributed by atoms with E-state index in [9.17, 15) is 0 Å². The van der Waals surface area contributed by atoms with Crippen LogP contribution in [0.1, 0.15) is 37.1 Å². The molecular formula is C22H32N4S. The summed E-state index contributed by atoms with van der Waals surface area (Å²) in [6, 6.07) is 10.4. The number of hydrogen-bond donors (Lipinski definition) is 1. The first kappa shape index (κ1) is 18.9. The van der Waals surface area contributed by atoms with E-state index in [2.05, 4.69) is 63.7 Å². The summed E-state index contributed by atoms with van der Waals surface area (Å²) in [4.78, 5) is 9.66. The smallest absolute Gasteiger partial charge is 0.0901 e. The Morgan fingerprint density at radius 1 is 1.07 bits per heavy atom. The zero-order valence-corrected chi connectivity index (χ0v) is 17.5. The molecule has 0 bridgehead atoms. The van der Waals surface area contributed by atoms with Gasteiger partial charge in [-0.15, -0.1) is 11.3 Å². The van der Waals surface area contributed by atoms with E-state index in [1.807, 2.05) is 0 Å². The van der Waals surface area contributed by atoms with Crippen LogP contribution in [0.3, 0.4) is 0 Å². The van der Waals surface area contributed by atoms with Crippen LogP contribution in [0.15, 0.2) is 29.6 Å². The highest BCUT2D eigenvalue weighted by Gasteiger charge is 2.23. The van der Waals surface area contributed by atoms with E-state index in [0.717, 1.165) is 36.4 Å². The minimum Gasteiger partial charge on any atom is -0.371 e. The van der Waals surface area contributed by atoms with Gasteiger partial charge in [0.15, 0.2) is 0 Å². The van der Waals surface area contributed by atoms with Crippen LogP contribution in [0.5, 0.6) is 0 Å². The van der Waals surface area contributed by atoms with Gasteiger partial charge >= 0.3 is 0 Å². The van der Waals surface area contributed by atoms with Gasteiger partial charge in [0.2, 0.25) is 0 Å². The molecule has 1 N–H and O–H groups in total. The molecule has 2 aliphatic heterocycles. The summed E-state index contributed by atoms with van der Waals surface area (Å²) < 4.78 is 0. The summed E-state index contributed by atoms with van der Waals surface area (Å²) in [5.74, 6) is 0. The van der Waals surface area contributed by atoms with Gasteiger partial charge in [0.05, 0.1) is 10.7 Å². The highest BCUT2D eigenvalue weighted by atomic mass is 32.1. The van der Waals surface area contributed by atoms with Gasteiger partial charge in [0.25, 0.3) is 0 Å². The van der Waals surface area contributed by atoms with Crippen molar-refractivity contribution in [3.63, 3.8) is 0 Å². The highest BCUT2D eigenvalue weighted by molar-refractivity contribution is 7.09. The van der Waals surface area contributed by atoms with Gasteiger partial charge in [-0.05, 0) is 58.3 Å². The van der Waals surface area contributed by atoms with Crippen LogP contribution in [0.2, 0.25) is 0 Å². The third kappa shape index (κ3) is 4.71. The molecule has 0 spiro atoms. The zero-order valence-electron chi connectivity index (χ0n) is 16.7. The molecule has 4 nitrogen and oxygen atoms in total. The maximum absolute atomic E-state index is 4.59. The van der Waals surface area contributed by atoms with Crippen molar-refractivity contribution in [2.45, 2.75) is 51.1 Å². The summed E-state index contributed by atoms with van der Waals surface area (Å²) in [6.45, 7) is 6.78. The number of likely N-dealkylation sites (tertiary alicyclic amines) is 1. The Bertz CT molecular complexity index is 718. The van der Waals surface area contributed by atoms with Crippen LogP contribution in [0.4, 0.5) is 5.69 Å². The van der Waals surface area contributed by atoms with E-state index >= 15 is 0 Å². The molecule has 0 radical (unpaired) electrons. The standard InChI is InChI=1S/C22H32N4S/c1-17-24-22(16-27-17)18-6-8-20(9-7-18)26-13-10-19(11-14-26)23-15-21-5-3-4-12-25(21)2/h6-9,16,19,21,23H,3-5,10-15H2,1-2H3. The second-order valence-corrected chi connectivity index (χ2v) is 9.16. The summed E-state index contributed by atoms with van der Waals surface area (Å²) in [6.07, 6.45) is 6.60. The molecule has 4 rings (SSSR count). The van der Waals surface area contributed by atoms with Crippen molar-refractivity contribution in [1.29, 1.82) is 0 Å². The number of aromatic nitrogens is 1. The largest absolute Gasteiger partial charge is 0.371 e. The molecule has 2 aliphatic rings. The molecule has 0 aliphatic carbocycles. The lowest BCUT2D eigenvalue weighted by atomic mass is 10.0. The lowest BCUT2D eigenvalue weighted by molar-refractivity contribution is 0.175. The average molecular weight is 385 g/mol. The van der Waals surface area contributed by atoms with E-state index in [1.165, 1.54) is 49.9 Å². The molecule has 5 heteroatoms. The normalized spacial score (nSPS) is 22.3. The van der Waals surface area contributed by atoms with Gasteiger partial charge in [-0.2, -0.15) is 0 Å². The first-order valence-corrected chi connectivity index (χ1v) is 11.3. The molecule has 1 aromatic heterocycles. The molecule has 2 fully saturated rings. The van der Waals surface area contributed by atoms with Crippen molar-refractivity contribution in [2.24, 2.45) is 0 Å². The van der Waals surface area contributed by atoms with Gasteiger partial charge in [-0.25, -0.2) is 4.98 Å². The van der Waals surface area contributed by atoms with Gasteiger partial charge < -0.3 is 15.1 Å². The number of likely N-dealkylation sites (N-methyl/N-ethyl adjacent to an activating group) is 1. The topological polar surface area (TPSA) is 31.4 Å². The molecule has 1 aromatic carbocycles. The molecule has 0 amide bonds. The summed E-state index contributed by atoms with van der Waals surface area (Å²) in [5, 5.41) is 7.12. The minimum atomic E-state index is 0.675. The highest BCUT2D eigenvalue weighted by Crippen LogP contribution is 2.26. The number of anilines is 1. The quantitative estimate of drug-likeness (QED) is 0.839. The fourth-order valence-corrected chi connectivity index (χ4v) is 5.01. The number of aryl methyl sites for hydroxylation is 1. The molecule has 27 heavy (non-hydrogen) atoms. The van der Waals surface area contributed by atoms with Crippen molar-refractivity contribution in [2.75, 3.05) is 38.1 Å². The molecular weight excluding hydrogens is 352 g/mol. The van der Waals surface area contributed by atoms with Gasteiger partial charge in [0, 0.05) is 48.3 Å². The van der Waals surface area contributed by atoms with Crippen molar-refractivity contribution < 1.29 is 0 Å². The summed E-state index contributed by atoms with van der Waals surface area (Å²) >= 11 is 1.72. The van der Waals surface area contributed by atoms with Gasteiger partial charge in [-0.3, -0.25) is 0 Å². The lowest BCUT2D eigenvalue weighted by Crippen LogP contribution is -2.48. The Labute approximate surface area is 167 Å². The second-order valence-electron chi connectivity index (χ2n) is 8.10. The summed E-state index contributed by atoms with van der Waals surface area (Å²) in [7, 11) is 2.28. The predicted octanol–water partition coefficient (Wildman–Crippen LogP) is 4.16. The Hall–Kier alpha value is -1.43. The Kier molecular flexibility index (Phi) is 6.11. The lowest BCUT2D eigenvalue weighted by Gasteiger charge is -2.37. The second kappa shape index (κ2) is 8.72. The van der Waals surface area contributed by atoms with Crippen molar-refractivity contribution in [3.05, 3.63) is 34.7 Å². The maximum atomic E-state index is 4.59. The minimum absolute atomic E-state index is 0.675. The number of thiazole rings is 1. The van der Waals surface area contributed by atoms with Crippen LogP contribution in [0, 0.1) is 6.92 Å². The van der Waals surface area contributed by atoms with Crippen LogP contribution in [0.25, 0.3) is 11.3 Å². The number of nitrogens with one attached hydrogen (secondary N) is 1. The fourth-order valence-electron chi connectivity index (χ4n) is 4.39. The van der Waals surface area contributed by atoms with Crippen LogP contribution >= 0.6 is 11.3 Å². The monoisotopic (exact) mass is 384 g/mol. The van der Waals surface area contributed by atoms with Gasteiger partial charge in [0.1, 0.15) is 0 Å². The van der Waals surface area contributed by atoms with Crippen molar-refractivity contribution >= 4 is 17.0 Å². The third-order valence-corrected chi connectivity index (χ3v) is 6.98. The van der Waals surface area contributed by atoms with Crippen LogP contribution < -0.4 is 10.2 Å². The van der Waals surface area contributed by atoms with E-state index in [4.69, 9.17) is 0 Å². The van der Waals surface area contributed by atoms with Crippen molar-refractivity contribution in [1.82, 2.24) is 15.2 Å². The van der Waals surface area contributed by atoms with E-state index in [-0.39, 0.29) is 0 Å². The molecule has 2 aromatic rings. The first-order chi connectivity index (χ1) is 13.2. The summed E-state index contributed by atoms with van der Waals surface area (Å²) in [5.41, 5.74) is 3.66. The Morgan fingerprint density at radius 3 is 2.52 bits per heavy atom. The van der Waals surface area contributed by atoms with Crippen LogP contribution in [-0.2, 0) is 0 Å². The number of rotatable bonds is 5. The van der Waals surface area contributed by atoms with Crippen LogP contribution in [-0.4, -0.2) is 55.2 Å². The maximum Gasteiger partial charge on any atom is 0.0901 e. The van der Waals surface area contributed by atoms with E-state index in [1.54, 1.807) is 11.3 Å². The number of hydrogen-bond acceptors (Lipinski definition) is 5. The van der Waals surface area contributed by atoms with E-state index < -0.39 is 0 Å². The number of piperidine rings is 2. The molecule has 1 unspecified atom stereocenters. The third-order valence-electron chi connectivity index (χ3n) is 6.21. The molecule has 3 heterocycles. The molecule has 0 saturated carbocycles. The average Bonchev–Trinajstić information content (AvgIpc) is 3.14. The molecule has 1 atom stereocenters.